The van der Waals surface area contributed by atoms with Crippen LogP contribution in [-0.2, 0) is 38.1 Å². The first kappa shape index (κ1) is 72.5. The van der Waals surface area contributed by atoms with Crippen LogP contribution in [0.2, 0.25) is 0 Å². The topological polar surface area (TPSA) is 165 Å². The molecule has 16 heteroatoms. The summed E-state index contributed by atoms with van der Waals surface area (Å²) < 4.78 is 21.0. The summed E-state index contributed by atoms with van der Waals surface area (Å²) >= 11 is 0. The molecule has 0 aliphatic heterocycles. The monoisotopic (exact) mass is 1160 g/mol. The Hall–Kier alpha value is -2.76. The predicted octanol–water partition coefficient (Wildman–Crippen LogP) is 9.17. The van der Waals surface area contributed by atoms with Crippen LogP contribution in [0.4, 0.5) is 0 Å². The summed E-state index contributed by atoms with van der Waals surface area (Å²) in [6.07, 6.45) is 21.5. The van der Waals surface area contributed by atoms with Gasteiger partial charge in [-0.3, -0.25) is 9.59 Å². The number of halogens is 1. The van der Waals surface area contributed by atoms with Crippen LogP contribution in [0.15, 0.2) is 33.2 Å². The number of carbonyl (C=O) groups is 3. The summed E-state index contributed by atoms with van der Waals surface area (Å²) in [5.74, 6) is 4.81. The second kappa shape index (κ2) is 28.2. The normalized spacial score (nSPS) is 34.9. The average molecular weight is 1160 g/mol. The van der Waals surface area contributed by atoms with Crippen molar-refractivity contribution < 1.29 is 66.2 Å². The second-order valence-corrected chi connectivity index (χ2v) is 28.9. The van der Waals surface area contributed by atoms with Gasteiger partial charge in [0.1, 0.15) is 17.3 Å². The van der Waals surface area contributed by atoms with E-state index in [2.05, 4.69) is 146 Å². The molecule has 2 heterocycles. The number of Topliss-reactive ketones (excluding diaryl/α,β-unsaturated/α-hetero) is 3. The number of hydrogen-bond donors (Lipinski definition) is 1. The summed E-state index contributed by atoms with van der Waals surface area (Å²) in [5.41, 5.74) is 2.86. The van der Waals surface area contributed by atoms with E-state index in [0.717, 1.165) is 96.0 Å². The van der Waals surface area contributed by atoms with E-state index in [1.807, 2.05) is 32.3 Å². The molecule has 2 aromatic rings. The van der Waals surface area contributed by atoms with Crippen molar-refractivity contribution >= 4 is 29.8 Å². The summed E-state index contributed by atoms with van der Waals surface area (Å²) in [7, 11) is 14.7. The molecule has 5 saturated carbocycles. The number of aliphatic hydroxyl groups excluding tert-OH is 1. The van der Waals surface area contributed by atoms with Crippen molar-refractivity contribution in [3.8, 4) is 0 Å². The van der Waals surface area contributed by atoms with Gasteiger partial charge in [-0.05, 0) is 165 Å². The van der Waals surface area contributed by atoms with Gasteiger partial charge in [-0.25, -0.2) is 11.4 Å². The fourth-order valence-electron chi connectivity index (χ4n) is 17.9. The molecule has 8 aliphatic carbocycles. The number of aliphatic hydroxyl groups is 1. The van der Waals surface area contributed by atoms with E-state index in [0.29, 0.717) is 59.1 Å². The average Bonchev–Trinajstić information content (AvgIpc) is 2.80. The van der Waals surface area contributed by atoms with Crippen molar-refractivity contribution in [2.24, 2.45) is 56.2 Å². The summed E-state index contributed by atoms with van der Waals surface area (Å²) in [6.45, 7) is 41.2. The first-order chi connectivity index (χ1) is 37.2. The first-order valence-electron chi connectivity index (χ1n) is 30.0. The van der Waals surface area contributed by atoms with Gasteiger partial charge in [-0.15, -0.1) is 12.4 Å². The molecule has 10 rings (SSSR count). The molecular formula is C65H109ClN7NaO7. The standard InChI is InChI=1S/2C16H26N2O.C16H24N2O.C14H19NO2.CH4O.CH3O.CH4.ClH.Na.H2/c1-15(2)13-7-6-12(18(4)5)9-16(13,3)8-11-10-17-19-14(11)15;2*1-15(2)13-8-7-11(18(5)6)9-16(13,3)10-12(17-4)14(15)19;1-13(2)11-5-4-10(16)7-14(11,3)6-9-8-15-17-12(9)13;2*1-2;;;;/h10,12-13H,6-9H2,1-5H3;11-13H,7-10H2,1-3,5-6H3;10-11,13H,7-9H2,1-3,5-6H3;8,11H,4-7H2,1-3H3;2H,1H3;1H3;1H4;1H;;1H/q;;;;;-1;;;+1;/t12-,13-,16+;11-,12?,13-,16-;11-,13-,16-;11-,14+;;;;;;/m0000....../s1/i;;;;;;;;;1+1D. The third-order valence-corrected chi connectivity index (χ3v) is 21.6. The second-order valence-electron chi connectivity index (χ2n) is 28.9. The van der Waals surface area contributed by atoms with Gasteiger partial charge in [0.2, 0.25) is 11.5 Å². The Labute approximate surface area is 521 Å². The Kier molecular flexibility index (Phi) is 25.2. The largest absolute Gasteiger partial charge is 1.00 e. The van der Waals surface area contributed by atoms with Crippen LogP contribution < -0.4 is 34.7 Å². The molecule has 0 amide bonds. The van der Waals surface area contributed by atoms with Crippen LogP contribution in [-0.4, -0.2) is 128 Å². The maximum absolute atomic E-state index is 12.5. The Morgan fingerprint density at radius 2 is 1.00 bits per heavy atom. The van der Waals surface area contributed by atoms with Gasteiger partial charge < -0.3 is 43.6 Å². The zero-order valence-corrected chi connectivity index (χ0v) is 56.2. The third kappa shape index (κ3) is 14.6. The van der Waals surface area contributed by atoms with Crippen LogP contribution >= 0.6 is 12.4 Å². The van der Waals surface area contributed by atoms with Gasteiger partial charge in [0.05, 0.1) is 19.0 Å². The minimum atomic E-state index is -0.419. The van der Waals surface area contributed by atoms with Crippen molar-refractivity contribution in [2.45, 2.75) is 222 Å². The van der Waals surface area contributed by atoms with Crippen molar-refractivity contribution in [1.82, 2.24) is 25.0 Å². The van der Waals surface area contributed by atoms with Crippen molar-refractivity contribution in [3.63, 3.8) is 0 Å². The van der Waals surface area contributed by atoms with E-state index < -0.39 is 11.5 Å². The Morgan fingerprint density at radius 3 is 1.44 bits per heavy atom. The van der Waals surface area contributed by atoms with E-state index in [1.165, 1.54) is 36.8 Å². The minimum absolute atomic E-state index is 0. The van der Waals surface area contributed by atoms with E-state index in [1.54, 1.807) is 0 Å². The molecule has 1 N–H and O–H groups in total. The van der Waals surface area contributed by atoms with E-state index in [9.17, 15) is 14.4 Å². The number of fused-ring (bicyclic) bond motifs is 6. The number of allylic oxidation sites excluding steroid dienone is 2. The SMILES string of the molecule is C.CC1(C)c2oncc2C[C@]2(C)CC(=O)CC[C@@H]12.CN(C)[C@H]1CC[C@H]2C(C)(C)c3oncc3C[C@]2(C)C1.CO.C[O-].Cl.[2H][2H].[C-]#[N+]C1=C[C@]2(C)C[C@@H](N(C)C)CC[C@H]2C(C)(C)C1=O.[C-]#[N+]C1C[C@]2(C)C[C@@H](N(C)C)CC[C@H]2C(C)(C)C1=O.[Na+]. The number of nitrogens with zero attached hydrogens (tertiary/aromatic N) is 7. The molecule has 2 aromatic heterocycles. The smallest absolute Gasteiger partial charge is 0.857 e. The number of ketones is 3. The molecule has 0 radical (unpaired) electrons. The maximum Gasteiger partial charge on any atom is 1.00 e. The number of carbonyl (C=O) groups excluding carboxylic acids is 3. The fourth-order valence-corrected chi connectivity index (χ4v) is 17.9. The molecule has 0 saturated heterocycles. The van der Waals surface area contributed by atoms with Gasteiger partial charge in [0.15, 0.2) is 5.78 Å². The van der Waals surface area contributed by atoms with Crippen molar-refractivity contribution in [3.05, 3.63) is 69.6 Å². The molecule has 8 aliphatic rings. The zero-order chi connectivity index (χ0) is 60.9. The molecule has 81 heavy (non-hydrogen) atoms. The quantitative estimate of drug-likeness (QED) is 0.229. The van der Waals surface area contributed by atoms with Crippen LogP contribution in [0.3, 0.4) is 0 Å². The summed E-state index contributed by atoms with van der Waals surface area (Å²) in [6, 6.07) is 1.45. The maximum atomic E-state index is 12.5. The van der Waals surface area contributed by atoms with Gasteiger partial charge in [-0.1, -0.05) is 107 Å². The molecule has 12 atom stereocenters. The van der Waals surface area contributed by atoms with Gasteiger partial charge >= 0.3 is 29.6 Å². The van der Waals surface area contributed by atoms with Crippen LogP contribution in [0.25, 0.3) is 9.69 Å². The van der Waals surface area contributed by atoms with Gasteiger partial charge in [0.25, 0.3) is 6.04 Å². The van der Waals surface area contributed by atoms with E-state index in [-0.39, 0.29) is 93.4 Å². The zero-order valence-electron chi connectivity index (χ0n) is 55.4. The van der Waals surface area contributed by atoms with E-state index in [4.69, 9.17) is 35.4 Å². The van der Waals surface area contributed by atoms with Gasteiger partial charge in [-0.2, -0.15) is 7.11 Å². The first-order valence-corrected chi connectivity index (χ1v) is 29.0. The molecule has 0 bridgehead atoms. The minimum Gasteiger partial charge on any atom is -0.857 e. The molecule has 0 spiro atoms. The Morgan fingerprint density at radius 1 is 0.593 bits per heavy atom. The number of rotatable bonds is 3. The van der Waals surface area contributed by atoms with Crippen molar-refractivity contribution in [1.29, 1.82) is 0 Å². The number of hydrogen-bond acceptors (Lipinski definition) is 12. The molecule has 454 valence electrons. The Balaban J connectivity index is 0.000000530. The number of aromatic nitrogens is 2. The Bertz CT molecular complexity index is 2570. The van der Waals surface area contributed by atoms with Crippen LogP contribution in [0, 0.1) is 69.3 Å². The van der Waals surface area contributed by atoms with E-state index >= 15 is 0 Å². The van der Waals surface area contributed by atoms with Crippen LogP contribution in [0.1, 0.15) is 200 Å². The van der Waals surface area contributed by atoms with Crippen LogP contribution in [0.5, 0.6) is 0 Å². The fraction of sp³-hybridized carbons (Fsp3) is 0.800. The van der Waals surface area contributed by atoms with Crippen molar-refractivity contribution in [2.75, 3.05) is 56.5 Å². The van der Waals surface area contributed by atoms with Gasteiger partial charge in [0, 0.05) is 80.3 Å². The molecule has 0 aromatic carbocycles. The molecule has 14 nitrogen and oxygen atoms in total. The third-order valence-electron chi connectivity index (χ3n) is 21.6. The molecular weight excluding hydrogens is 1050 g/mol. The molecule has 1 unspecified atom stereocenters. The summed E-state index contributed by atoms with van der Waals surface area (Å²) in [5, 5.41) is 23.3. The molecule has 5 fully saturated rings. The predicted molar refractivity (Wildman–Crippen MR) is 323 cm³/mol. The summed E-state index contributed by atoms with van der Waals surface area (Å²) in [4.78, 5) is 50.7.